The molecular weight excluding hydrogens is 118 g/mol. The Balaban J connectivity index is 3.33. The lowest BCUT2D eigenvalue weighted by Gasteiger charge is -1.99. The first-order chi connectivity index (χ1) is 4.35. The molecule has 4 nitrogen and oxygen atoms in total. The number of nitrogens with two attached hydrogens (primary N) is 1. The van der Waals surface area contributed by atoms with E-state index in [1.165, 1.54) is 0 Å². The van der Waals surface area contributed by atoms with E-state index in [0.717, 1.165) is 12.8 Å². The molecule has 0 aliphatic heterocycles. The molecule has 0 heterocycles. The SMILES string of the molecule is CCCCC(=NO)NN. The number of rotatable bonds is 3. The Morgan fingerprint density at radius 3 is 2.78 bits per heavy atom. The molecule has 0 spiro atoms. The number of hydrogen-bond donors (Lipinski definition) is 3. The van der Waals surface area contributed by atoms with Gasteiger partial charge >= 0.3 is 0 Å². The Morgan fingerprint density at radius 2 is 2.44 bits per heavy atom. The molecule has 4 heteroatoms. The van der Waals surface area contributed by atoms with E-state index in [2.05, 4.69) is 17.5 Å². The average molecular weight is 131 g/mol. The Labute approximate surface area is 54.7 Å². The zero-order valence-electron chi connectivity index (χ0n) is 5.59. The van der Waals surface area contributed by atoms with Gasteiger partial charge in [0, 0.05) is 6.42 Å². The van der Waals surface area contributed by atoms with Gasteiger partial charge in [-0.05, 0) is 6.42 Å². The third kappa shape index (κ3) is 3.78. The van der Waals surface area contributed by atoms with Crippen molar-refractivity contribution in [2.75, 3.05) is 0 Å². The molecule has 9 heavy (non-hydrogen) atoms. The number of nitrogens with zero attached hydrogens (tertiary/aromatic N) is 1. The molecule has 0 unspecified atom stereocenters. The van der Waals surface area contributed by atoms with Crippen LogP contribution in [0.1, 0.15) is 26.2 Å². The highest BCUT2D eigenvalue weighted by atomic mass is 16.4. The minimum atomic E-state index is 0.442. The van der Waals surface area contributed by atoms with Crippen molar-refractivity contribution in [3.63, 3.8) is 0 Å². The molecule has 0 aromatic heterocycles. The summed E-state index contributed by atoms with van der Waals surface area (Å²) in [5.41, 5.74) is 2.29. The van der Waals surface area contributed by atoms with Crippen molar-refractivity contribution in [3.05, 3.63) is 0 Å². The summed E-state index contributed by atoms with van der Waals surface area (Å²) in [6, 6.07) is 0. The van der Waals surface area contributed by atoms with Crippen molar-refractivity contribution in [3.8, 4) is 0 Å². The molecular formula is C5H13N3O. The van der Waals surface area contributed by atoms with Gasteiger partial charge in [-0.2, -0.15) is 0 Å². The number of hydrazine groups is 1. The monoisotopic (exact) mass is 131 g/mol. The zero-order valence-corrected chi connectivity index (χ0v) is 5.59. The van der Waals surface area contributed by atoms with E-state index in [1.807, 2.05) is 0 Å². The van der Waals surface area contributed by atoms with Crippen LogP contribution in [0.5, 0.6) is 0 Å². The highest BCUT2D eigenvalue weighted by Crippen LogP contribution is 1.92. The highest BCUT2D eigenvalue weighted by molar-refractivity contribution is 5.80. The van der Waals surface area contributed by atoms with E-state index < -0.39 is 0 Å². The molecule has 0 aliphatic rings. The fraction of sp³-hybridized carbons (Fsp3) is 0.800. The summed E-state index contributed by atoms with van der Waals surface area (Å²) in [4.78, 5) is 0. The number of amidine groups is 1. The van der Waals surface area contributed by atoms with Crippen LogP contribution in [0.2, 0.25) is 0 Å². The Hall–Kier alpha value is -0.770. The summed E-state index contributed by atoms with van der Waals surface area (Å²) in [6.07, 6.45) is 2.77. The van der Waals surface area contributed by atoms with Gasteiger partial charge in [0.15, 0.2) is 5.84 Å². The third-order valence-corrected chi connectivity index (χ3v) is 1.05. The lowest BCUT2D eigenvalue weighted by atomic mass is 10.2. The standard InChI is InChI=1S/C5H13N3O/c1-2-3-4-5(7-6)8-9/h9H,2-4,6H2,1H3,(H,7,8). The summed E-state index contributed by atoms with van der Waals surface area (Å²) in [6.45, 7) is 2.06. The van der Waals surface area contributed by atoms with Crippen LogP contribution < -0.4 is 11.3 Å². The second-order valence-corrected chi connectivity index (χ2v) is 1.79. The lowest BCUT2D eigenvalue weighted by Crippen LogP contribution is -2.29. The van der Waals surface area contributed by atoms with Crippen LogP contribution in [0.3, 0.4) is 0 Å². The fourth-order valence-corrected chi connectivity index (χ4v) is 0.495. The number of unbranched alkanes of at least 4 members (excludes halogenated alkanes) is 1. The molecule has 4 N–H and O–H groups in total. The molecule has 0 aliphatic carbocycles. The Bertz CT molecular complexity index is 92.2. The van der Waals surface area contributed by atoms with E-state index in [0.29, 0.717) is 12.3 Å². The van der Waals surface area contributed by atoms with Crippen molar-refractivity contribution in [2.24, 2.45) is 11.0 Å². The molecule has 0 bridgehead atoms. The van der Waals surface area contributed by atoms with E-state index in [-0.39, 0.29) is 0 Å². The molecule has 0 aromatic carbocycles. The van der Waals surface area contributed by atoms with E-state index in [1.54, 1.807) is 0 Å². The molecule has 0 atom stereocenters. The van der Waals surface area contributed by atoms with Crippen LogP contribution in [0.15, 0.2) is 5.16 Å². The van der Waals surface area contributed by atoms with E-state index >= 15 is 0 Å². The van der Waals surface area contributed by atoms with Crippen LogP contribution in [0, 0.1) is 0 Å². The molecule has 0 saturated carbocycles. The largest absolute Gasteiger partial charge is 0.409 e. The van der Waals surface area contributed by atoms with Crippen molar-refractivity contribution < 1.29 is 5.21 Å². The maximum absolute atomic E-state index is 8.20. The van der Waals surface area contributed by atoms with Crippen molar-refractivity contribution in [2.45, 2.75) is 26.2 Å². The van der Waals surface area contributed by atoms with Gasteiger partial charge in [0.2, 0.25) is 0 Å². The Kier molecular flexibility index (Phi) is 4.91. The number of nitrogens with one attached hydrogen (secondary N) is 1. The maximum atomic E-state index is 8.20. The first kappa shape index (κ1) is 8.23. The third-order valence-electron chi connectivity index (χ3n) is 1.05. The molecule has 0 amide bonds. The summed E-state index contributed by atoms with van der Waals surface area (Å²) < 4.78 is 0. The lowest BCUT2D eigenvalue weighted by molar-refractivity contribution is 0.314. The average Bonchev–Trinajstić information content (AvgIpc) is 1.91. The van der Waals surface area contributed by atoms with Crippen LogP contribution in [-0.4, -0.2) is 11.0 Å². The molecule has 0 aromatic rings. The smallest absolute Gasteiger partial charge is 0.155 e. The predicted molar refractivity (Wildman–Crippen MR) is 36.1 cm³/mol. The van der Waals surface area contributed by atoms with Gasteiger partial charge in [-0.15, -0.1) is 0 Å². The Morgan fingerprint density at radius 1 is 1.78 bits per heavy atom. The molecule has 0 saturated heterocycles. The van der Waals surface area contributed by atoms with Gasteiger partial charge in [0.05, 0.1) is 0 Å². The summed E-state index contributed by atoms with van der Waals surface area (Å²) in [7, 11) is 0. The second kappa shape index (κ2) is 5.37. The van der Waals surface area contributed by atoms with Gasteiger partial charge in [-0.1, -0.05) is 18.5 Å². The molecule has 0 fully saturated rings. The second-order valence-electron chi connectivity index (χ2n) is 1.79. The van der Waals surface area contributed by atoms with Crippen molar-refractivity contribution in [1.82, 2.24) is 5.43 Å². The van der Waals surface area contributed by atoms with Crippen LogP contribution >= 0.6 is 0 Å². The van der Waals surface area contributed by atoms with Gasteiger partial charge in [-0.3, -0.25) is 0 Å². The van der Waals surface area contributed by atoms with Crippen LogP contribution in [-0.2, 0) is 0 Å². The normalized spacial score (nSPS) is 11.6. The van der Waals surface area contributed by atoms with Crippen LogP contribution in [0.25, 0.3) is 0 Å². The summed E-state index contributed by atoms with van der Waals surface area (Å²) in [5.74, 6) is 5.42. The summed E-state index contributed by atoms with van der Waals surface area (Å²) >= 11 is 0. The molecule has 0 rings (SSSR count). The van der Waals surface area contributed by atoms with Gasteiger partial charge < -0.3 is 10.6 Å². The number of oxime groups is 1. The van der Waals surface area contributed by atoms with Crippen molar-refractivity contribution >= 4 is 5.84 Å². The quantitative estimate of drug-likeness (QED) is 0.171. The van der Waals surface area contributed by atoms with Crippen molar-refractivity contribution in [1.29, 1.82) is 0 Å². The summed E-state index contributed by atoms with van der Waals surface area (Å²) in [5, 5.41) is 11.1. The zero-order chi connectivity index (χ0) is 7.11. The predicted octanol–water partition coefficient (Wildman–Crippen LogP) is 0.428. The van der Waals surface area contributed by atoms with Crippen LogP contribution in [0.4, 0.5) is 0 Å². The highest BCUT2D eigenvalue weighted by Gasteiger charge is 1.92. The van der Waals surface area contributed by atoms with Gasteiger partial charge in [-0.25, -0.2) is 5.84 Å². The minimum absolute atomic E-state index is 0.442. The van der Waals surface area contributed by atoms with Gasteiger partial charge in [0.25, 0.3) is 0 Å². The maximum Gasteiger partial charge on any atom is 0.155 e. The topological polar surface area (TPSA) is 70.6 Å². The molecule has 0 radical (unpaired) electrons. The molecule has 54 valence electrons. The first-order valence-corrected chi connectivity index (χ1v) is 3.02. The first-order valence-electron chi connectivity index (χ1n) is 3.02. The van der Waals surface area contributed by atoms with Gasteiger partial charge in [0.1, 0.15) is 0 Å². The minimum Gasteiger partial charge on any atom is -0.409 e. The van der Waals surface area contributed by atoms with E-state index in [4.69, 9.17) is 11.0 Å². The number of hydrogen-bond acceptors (Lipinski definition) is 3. The fourth-order valence-electron chi connectivity index (χ4n) is 0.495. The van der Waals surface area contributed by atoms with E-state index in [9.17, 15) is 0 Å².